The molecule has 0 bridgehead atoms. The topological polar surface area (TPSA) is 61.0 Å². The van der Waals surface area contributed by atoms with Crippen molar-refractivity contribution in [2.75, 3.05) is 12.3 Å². The Morgan fingerprint density at radius 1 is 1.40 bits per heavy atom. The van der Waals surface area contributed by atoms with Crippen molar-refractivity contribution >= 4 is 5.82 Å². The molecule has 1 rings (SSSR count). The van der Waals surface area contributed by atoms with E-state index in [-0.39, 0.29) is 0 Å². The maximum Gasteiger partial charge on any atom is 0.132 e. The van der Waals surface area contributed by atoms with Crippen LogP contribution in [0.5, 0.6) is 0 Å². The van der Waals surface area contributed by atoms with Crippen LogP contribution in [-0.4, -0.2) is 16.6 Å². The number of unbranched alkanes of at least 4 members (excludes halogenated alkanes) is 1. The highest BCUT2D eigenvalue weighted by Gasteiger charge is 2.03. The number of ether oxygens (including phenoxy) is 1. The van der Waals surface area contributed by atoms with Gasteiger partial charge >= 0.3 is 0 Å². The Bertz CT molecular complexity index is 302. The van der Waals surface area contributed by atoms with Crippen LogP contribution in [0.3, 0.4) is 0 Å². The summed E-state index contributed by atoms with van der Waals surface area (Å²) >= 11 is 0. The molecule has 1 aromatic heterocycles. The summed E-state index contributed by atoms with van der Waals surface area (Å²) in [6, 6.07) is 0. The van der Waals surface area contributed by atoms with Crippen molar-refractivity contribution in [3.63, 3.8) is 0 Å². The fourth-order valence-electron chi connectivity index (χ4n) is 1.24. The lowest BCUT2D eigenvalue weighted by Crippen LogP contribution is -2.05. The second kappa shape index (κ2) is 6.35. The molecule has 0 radical (unpaired) electrons. The van der Waals surface area contributed by atoms with E-state index in [0.717, 1.165) is 30.7 Å². The van der Waals surface area contributed by atoms with Crippen LogP contribution in [-0.2, 0) is 17.8 Å². The number of anilines is 1. The average Bonchev–Trinajstić information content (AvgIpc) is 2.25. The first-order valence-electron chi connectivity index (χ1n) is 5.46. The van der Waals surface area contributed by atoms with Gasteiger partial charge in [-0.1, -0.05) is 13.3 Å². The fraction of sp³-hybridized carbons (Fsp3) is 0.636. The molecule has 2 N–H and O–H groups in total. The van der Waals surface area contributed by atoms with Crippen LogP contribution in [0.25, 0.3) is 0 Å². The van der Waals surface area contributed by atoms with Crippen molar-refractivity contribution in [3.05, 3.63) is 17.6 Å². The molecular weight excluding hydrogens is 190 g/mol. The van der Waals surface area contributed by atoms with E-state index in [9.17, 15) is 0 Å². The van der Waals surface area contributed by atoms with Gasteiger partial charge in [-0.15, -0.1) is 0 Å². The molecule has 1 heterocycles. The van der Waals surface area contributed by atoms with Gasteiger partial charge in [0.05, 0.1) is 6.61 Å². The molecule has 15 heavy (non-hydrogen) atoms. The van der Waals surface area contributed by atoms with Gasteiger partial charge in [-0.25, -0.2) is 9.97 Å². The number of aryl methyl sites for hydroxylation is 1. The predicted molar refractivity (Wildman–Crippen MR) is 60.4 cm³/mol. The van der Waals surface area contributed by atoms with Crippen LogP contribution in [0.4, 0.5) is 5.82 Å². The molecule has 1 aromatic rings. The normalized spacial score (nSPS) is 10.5. The highest BCUT2D eigenvalue weighted by molar-refractivity contribution is 5.36. The second-order valence-corrected chi connectivity index (χ2v) is 3.44. The van der Waals surface area contributed by atoms with E-state index in [0.29, 0.717) is 19.0 Å². The van der Waals surface area contributed by atoms with Crippen LogP contribution in [0.15, 0.2) is 6.20 Å². The predicted octanol–water partition coefficient (Wildman–Crippen LogP) is 1.94. The number of nitrogen functional groups attached to an aromatic ring is 1. The Hall–Kier alpha value is -1.16. The third-order valence-electron chi connectivity index (χ3n) is 2.16. The highest BCUT2D eigenvalue weighted by Crippen LogP contribution is 2.10. The lowest BCUT2D eigenvalue weighted by molar-refractivity contribution is 0.134. The number of rotatable bonds is 6. The zero-order chi connectivity index (χ0) is 11.1. The molecule has 4 heteroatoms. The van der Waals surface area contributed by atoms with E-state index >= 15 is 0 Å². The molecule has 0 aliphatic rings. The molecule has 0 spiro atoms. The standard InChI is InChI=1S/C11H19N3O/c1-3-5-6-10-13-7-9(8-15-4-2)11(12)14-10/h7H,3-6,8H2,1-2H3,(H2,12,13,14). The maximum absolute atomic E-state index is 5.80. The summed E-state index contributed by atoms with van der Waals surface area (Å²) in [6.45, 7) is 5.27. The van der Waals surface area contributed by atoms with E-state index in [1.54, 1.807) is 6.20 Å². The molecule has 0 aromatic carbocycles. The van der Waals surface area contributed by atoms with E-state index in [1.165, 1.54) is 0 Å². The lowest BCUT2D eigenvalue weighted by atomic mass is 10.2. The van der Waals surface area contributed by atoms with Crippen LogP contribution in [0, 0.1) is 0 Å². The lowest BCUT2D eigenvalue weighted by Gasteiger charge is -2.06. The van der Waals surface area contributed by atoms with Crippen LogP contribution < -0.4 is 5.73 Å². The van der Waals surface area contributed by atoms with E-state index < -0.39 is 0 Å². The van der Waals surface area contributed by atoms with Gasteiger partial charge in [0.25, 0.3) is 0 Å². The van der Waals surface area contributed by atoms with Gasteiger partial charge in [-0.3, -0.25) is 0 Å². The van der Waals surface area contributed by atoms with Gasteiger partial charge < -0.3 is 10.5 Å². The number of aromatic nitrogens is 2. The number of hydrogen-bond donors (Lipinski definition) is 1. The zero-order valence-electron chi connectivity index (χ0n) is 9.49. The van der Waals surface area contributed by atoms with Crippen molar-refractivity contribution in [1.82, 2.24) is 9.97 Å². The van der Waals surface area contributed by atoms with Gasteiger partial charge in [-0.2, -0.15) is 0 Å². The summed E-state index contributed by atoms with van der Waals surface area (Å²) < 4.78 is 5.26. The van der Waals surface area contributed by atoms with Crippen molar-refractivity contribution in [2.24, 2.45) is 0 Å². The third-order valence-corrected chi connectivity index (χ3v) is 2.16. The Morgan fingerprint density at radius 3 is 2.80 bits per heavy atom. The van der Waals surface area contributed by atoms with E-state index in [1.807, 2.05) is 6.92 Å². The molecule has 0 amide bonds. The minimum Gasteiger partial charge on any atom is -0.383 e. The molecule has 0 saturated carbocycles. The molecule has 0 atom stereocenters. The summed E-state index contributed by atoms with van der Waals surface area (Å²) in [5, 5.41) is 0. The summed E-state index contributed by atoms with van der Waals surface area (Å²) in [6.07, 6.45) is 4.91. The van der Waals surface area contributed by atoms with E-state index in [2.05, 4.69) is 16.9 Å². The second-order valence-electron chi connectivity index (χ2n) is 3.44. The van der Waals surface area contributed by atoms with Crippen molar-refractivity contribution < 1.29 is 4.74 Å². The minimum absolute atomic E-state index is 0.496. The van der Waals surface area contributed by atoms with Crippen molar-refractivity contribution in [1.29, 1.82) is 0 Å². The minimum atomic E-state index is 0.496. The maximum atomic E-state index is 5.80. The molecule has 84 valence electrons. The van der Waals surface area contributed by atoms with Crippen LogP contribution in [0.1, 0.15) is 38.1 Å². The Labute approximate surface area is 90.9 Å². The number of nitrogens with two attached hydrogens (primary N) is 1. The Balaban J connectivity index is 2.61. The number of nitrogens with zero attached hydrogens (tertiary/aromatic N) is 2. The molecule has 0 aliphatic carbocycles. The summed E-state index contributed by atoms with van der Waals surface area (Å²) in [4.78, 5) is 8.51. The molecule has 0 aliphatic heterocycles. The molecular formula is C11H19N3O. The van der Waals surface area contributed by atoms with Gasteiger partial charge in [0.15, 0.2) is 0 Å². The smallest absolute Gasteiger partial charge is 0.132 e. The summed E-state index contributed by atoms with van der Waals surface area (Å²) in [5.74, 6) is 1.37. The SMILES string of the molecule is CCCCc1ncc(COCC)c(N)n1. The molecule has 4 nitrogen and oxygen atoms in total. The largest absolute Gasteiger partial charge is 0.383 e. The van der Waals surface area contributed by atoms with Crippen molar-refractivity contribution in [3.8, 4) is 0 Å². The fourth-order valence-corrected chi connectivity index (χ4v) is 1.24. The van der Waals surface area contributed by atoms with Crippen LogP contribution in [0.2, 0.25) is 0 Å². The molecule has 0 unspecified atom stereocenters. The van der Waals surface area contributed by atoms with Gasteiger partial charge in [0, 0.05) is 24.8 Å². The van der Waals surface area contributed by atoms with Crippen molar-refractivity contribution in [2.45, 2.75) is 39.7 Å². The van der Waals surface area contributed by atoms with Crippen LogP contribution >= 0.6 is 0 Å². The highest BCUT2D eigenvalue weighted by atomic mass is 16.5. The van der Waals surface area contributed by atoms with Gasteiger partial charge in [-0.05, 0) is 13.3 Å². The Kier molecular flexibility index (Phi) is 5.04. The summed E-state index contributed by atoms with van der Waals surface area (Å²) in [5.41, 5.74) is 6.68. The van der Waals surface area contributed by atoms with Gasteiger partial charge in [0.1, 0.15) is 11.6 Å². The molecule has 0 fully saturated rings. The Morgan fingerprint density at radius 2 is 2.20 bits per heavy atom. The average molecular weight is 209 g/mol. The first-order chi connectivity index (χ1) is 7.27. The van der Waals surface area contributed by atoms with E-state index in [4.69, 9.17) is 10.5 Å². The van der Waals surface area contributed by atoms with Gasteiger partial charge in [0.2, 0.25) is 0 Å². The monoisotopic (exact) mass is 209 g/mol. The third kappa shape index (κ3) is 3.83. The summed E-state index contributed by atoms with van der Waals surface area (Å²) in [7, 11) is 0. The first kappa shape index (κ1) is 11.9. The zero-order valence-corrected chi connectivity index (χ0v) is 9.49. The first-order valence-corrected chi connectivity index (χ1v) is 5.46. The number of hydrogen-bond acceptors (Lipinski definition) is 4. The quantitative estimate of drug-likeness (QED) is 0.777. The molecule has 0 saturated heterocycles.